The predicted molar refractivity (Wildman–Crippen MR) is 128 cm³/mol. The smallest absolute Gasteiger partial charge is 0.243 e. The first-order valence-corrected chi connectivity index (χ1v) is 10.6. The lowest BCUT2D eigenvalue weighted by molar-refractivity contribution is -0.116. The van der Waals surface area contributed by atoms with Gasteiger partial charge in [-0.15, -0.1) is 0 Å². The van der Waals surface area contributed by atoms with Gasteiger partial charge in [0.25, 0.3) is 0 Å². The van der Waals surface area contributed by atoms with Crippen molar-refractivity contribution in [3.63, 3.8) is 0 Å². The second-order valence-electron chi connectivity index (χ2n) is 7.48. The molecule has 0 spiro atoms. The van der Waals surface area contributed by atoms with Gasteiger partial charge in [-0.25, -0.2) is 0 Å². The third kappa shape index (κ3) is 6.71. The average molecular weight is 416 g/mol. The number of hydrogen-bond acceptors (Lipinski definition) is 3. The van der Waals surface area contributed by atoms with E-state index in [0.29, 0.717) is 12.8 Å². The summed E-state index contributed by atoms with van der Waals surface area (Å²) in [7, 11) is 0. The highest BCUT2D eigenvalue weighted by Gasteiger charge is 2.09. The van der Waals surface area contributed by atoms with Crippen molar-refractivity contribution >= 4 is 28.9 Å². The molecule has 0 aliphatic rings. The highest BCUT2D eigenvalue weighted by atomic mass is 16.2. The predicted octanol–water partition coefficient (Wildman–Crippen LogP) is 5.18. The van der Waals surface area contributed by atoms with Crippen molar-refractivity contribution in [3.05, 3.63) is 89.5 Å². The van der Waals surface area contributed by atoms with Crippen LogP contribution in [0.4, 0.5) is 17.1 Å². The van der Waals surface area contributed by atoms with E-state index >= 15 is 0 Å². The molecule has 2 amide bonds. The molecule has 0 aromatic heterocycles. The zero-order chi connectivity index (χ0) is 22.1. The van der Waals surface area contributed by atoms with E-state index in [4.69, 9.17) is 0 Å². The summed E-state index contributed by atoms with van der Waals surface area (Å²) in [5, 5.41) is 9.04. The number of amides is 2. The molecular weight excluding hydrogens is 386 g/mol. The van der Waals surface area contributed by atoms with Crippen LogP contribution in [0.25, 0.3) is 0 Å². The van der Waals surface area contributed by atoms with Crippen LogP contribution < -0.4 is 16.0 Å². The number of aryl methyl sites for hydroxylation is 3. The Kier molecular flexibility index (Phi) is 7.82. The molecule has 5 heteroatoms. The standard InChI is InChI=1S/C26H29N3O2/c1-3-21-11-7-8-19(2)26(21)29-25(31)18-27-22-13-15-23(16-14-22)28-24(30)17-12-20-9-5-4-6-10-20/h4-11,13-16,27H,3,12,17-18H2,1-2H3,(H,28,30)(H,29,31). The average Bonchev–Trinajstić information content (AvgIpc) is 2.79. The zero-order valence-electron chi connectivity index (χ0n) is 18.1. The molecule has 3 aromatic rings. The van der Waals surface area contributed by atoms with Gasteiger partial charge in [0.15, 0.2) is 0 Å². The summed E-state index contributed by atoms with van der Waals surface area (Å²) in [5.74, 6) is -0.115. The zero-order valence-corrected chi connectivity index (χ0v) is 18.1. The van der Waals surface area contributed by atoms with E-state index in [1.165, 1.54) is 0 Å². The lowest BCUT2D eigenvalue weighted by atomic mass is 10.1. The van der Waals surface area contributed by atoms with Crippen molar-refractivity contribution in [3.8, 4) is 0 Å². The van der Waals surface area contributed by atoms with Crippen LogP contribution in [0.1, 0.15) is 30.0 Å². The molecule has 0 unspecified atom stereocenters. The van der Waals surface area contributed by atoms with E-state index in [9.17, 15) is 9.59 Å². The molecule has 0 aliphatic carbocycles. The SMILES string of the molecule is CCc1cccc(C)c1NC(=O)CNc1ccc(NC(=O)CCc2ccccc2)cc1. The molecule has 0 radical (unpaired) electrons. The topological polar surface area (TPSA) is 70.2 Å². The number of nitrogens with one attached hydrogen (secondary N) is 3. The van der Waals surface area contributed by atoms with Gasteiger partial charge in [0, 0.05) is 23.5 Å². The van der Waals surface area contributed by atoms with Gasteiger partial charge in [-0.05, 0) is 60.7 Å². The Morgan fingerprint density at radius 3 is 2.19 bits per heavy atom. The fourth-order valence-electron chi connectivity index (χ4n) is 3.37. The van der Waals surface area contributed by atoms with Crippen molar-refractivity contribution in [1.82, 2.24) is 0 Å². The Morgan fingerprint density at radius 2 is 1.48 bits per heavy atom. The summed E-state index contributed by atoms with van der Waals surface area (Å²) >= 11 is 0. The number of hydrogen-bond donors (Lipinski definition) is 3. The van der Waals surface area contributed by atoms with Crippen molar-refractivity contribution in [2.24, 2.45) is 0 Å². The normalized spacial score (nSPS) is 10.4. The minimum absolute atomic E-state index is 0.0195. The molecule has 0 aliphatic heterocycles. The van der Waals surface area contributed by atoms with Crippen LogP contribution in [-0.4, -0.2) is 18.4 Å². The van der Waals surface area contributed by atoms with Gasteiger partial charge in [0.2, 0.25) is 11.8 Å². The second kappa shape index (κ2) is 11.0. The largest absolute Gasteiger partial charge is 0.376 e. The maximum atomic E-state index is 12.4. The Labute approximate surface area is 183 Å². The monoisotopic (exact) mass is 415 g/mol. The Bertz CT molecular complexity index is 1010. The number of anilines is 3. The molecule has 0 saturated carbocycles. The van der Waals surface area contributed by atoms with Crippen LogP contribution >= 0.6 is 0 Å². The summed E-state index contributed by atoms with van der Waals surface area (Å²) in [6, 6.07) is 23.4. The van der Waals surface area contributed by atoms with Crippen LogP contribution in [0, 0.1) is 6.92 Å². The van der Waals surface area contributed by atoms with Gasteiger partial charge in [-0.3, -0.25) is 9.59 Å². The Balaban J connectivity index is 1.46. The van der Waals surface area contributed by atoms with E-state index in [-0.39, 0.29) is 18.4 Å². The minimum Gasteiger partial charge on any atom is -0.376 e. The van der Waals surface area contributed by atoms with Crippen LogP contribution in [0.3, 0.4) is 0 Å². The van der Waals surface area contributed by atoms with Crippen molar-refractivity contribution in [2.45, 2.75) is 33.1 Å². The molecule has 0 heterocycles. The quantitative estimate of drug-likeness (QED) is 0.451. The minimum atomic E-state index is -0.0951. The van der Waals surface area contributed by atoms with Crippen LogP contribution in [0.15, 0.2) is 72.8 Å². The number of rotatable bonds is 9. The number of carbonyl (C=O) groups excluding carboxylic acids is 2. The Morgan fingerprint density at radius 1 is 0.774 bits per heavy atom. The van der Waals surface area contributed by atoms with E-state index in [2.05, 4.69) is 22.9 Å². The lowest BCUT2D eigenvalue weighted by Crippen LogP contribution is -2.23. The molecule has 0 bridgehead atoms. The van der Waals surface area contributed by atoms with Crippen molar-refractivity contribution in [1.29, 1.82) is 0 Å². The molecule has 3 aromatic carbocycles. The third-order valence-electron chi connectivity index (χ3n) is 5.11. The van der Waals surface area contributed by atoms with E-state index < -0.39 is 0 Å². The summed E-state index contributed by atoms with van der Waals surface area (Å²) in [6.07, 6.45) is 2.01. The fraction of sp³-hybridized carbons (Fsp3) is 0.231. The fourth-order valence-corrected chi connectivity index (χ4v) is 3.37. The summed E-state index contributed by atoms with van der Waals surface area (Å²) in [6.45, 7) is 4.24. The first-order chi connectivity index (χ1) is 15.0. The first kappa shape index (κ1) is 22.1. The van der Waals surface area contributed by atoms with Gasteiger partial charge in [-0.1, -0.05) is 55.5 Å². The molecule has 31 heavy (non-hydrogen) atoms. The third-order valence-corrected chi connectivity index (χ3v) is 5.11. The number of para-hydroxylation sites is 1. The molecule has 0 atom stereocenters. The van der Waals surface area contributed by atoms with Gasteiger partial charge in [0.05, 0.1) is 6.54 Å². The molecule has 160 valence electrons. The van der Waals surface area contributed by atoms with Gasteiger partial charge in [0.1, 0.15) is 0 Å². The highest BCUT2D eigenvalue weighted by Crippen LogP contribution is 2.21. The van der Waals surface area contributed by atoms with Gasteiger partial charge >= 0.3 is 0 Å². The van der Waals surface area contributed by atoms with Crippen LogP contribution in [0.5, 0.6) is 0 Å². The van der Waals surface area contributed by atoms with Gasteiger partial charge in [-0.2, -0.15) is 0 Å². The van der Waals surface area contributed by atoms with Crippen molar-refractivity contribution < 1.29 is 9.59 Å². The number of carbonyl (C=O) groups is 2. The maximum Gasteiger partial charge on any atom is 0.243 e. The van der Waals surface area contributed by atoms with Gasteiger partial charge < -0.3 is 16.0 Å². The summed E-state index contributed by atoms with van der Waals surface area (Å²) in [4.78, 5) is 24.5. The van der Waals surface area contributed by atoms with Crippen molar-refractivity contribution in [2.75, 3.05) is 22.5 Å². The molecule has 5 nitrogen and oxygen atoms in total. The molecule has 3 N–H and O–H groups in total. The molecular formula is C26H29N3O2. The van der Waals surface area contributed by atoms with Crippen LogP contribution in [0.2, 0.25) is 0 Å². The highest BCUT2D eigenvalue weighted by molar-refractivity contribution is 5.95. The summed E-state index contributed by atoms with van der Waals surface area (Å²) in [5.41, 5.74) is 5.77. The van der Waals surface area contributed by atoms with E-state index in [1.54, 1.807) is 0 Å². The molecule has 0 saturated heterocycles. The number of benzene rings is 3. The first-order valence-electron chi connectivity index (χ1n) is 10.6. The lowest BCUT2D eigenvalue weighted by Gasteiger charge is -2.14. The molecule has 3 rings (SSSR count). The summed E-state index contributed by atoms with van der Waals surface area (Å²) < 4.78 is 0. The van der Waals surface area contributed by atoms with Crippen LogP contribution in [-0.2, 0) is 22.4 Å². The van der Waals surface area contributed by atoms with E-state index in [1.807, 2.05) is 79.7 Å². The van der Waals surface area contributed by atoms with E-state index in [0.717, 1.165) is 40.2 Å². The Hall–Kier alpha value is -3.60. The second-order valence-corrected chi connectivity index (χ2v) is 7.48. The molecule has 0 fully saturated rings. The maximum absolute atomic E-state index is 12.4.